The molecule has 0 saturated carbocycles. The first-order chi connectivity index (χ1) is 6.08. The molecule has 0 fully saturated rings. The van der Waals surface area contributed by atoms with Crippen LogP contribution >= 0.6 is 0 Å². The van der Waals surface area contributed by atoms with Gasteiger partial charge in [0.1, 0.15) is 5.25 Å². The molecule has 0 amide bonds. The lowest BCUT2D eigenvalue weighted by Crippen LogP contribution is -2.22. The van der Waals surface area contributed by atoms with Gasteiger partial charge in [-0.05, 0) is 12.8 Å². The van der Waals surface area contributed by atoms with Crippen LogP contribution in [0.2, 0.25) is 0 Å². The van der Waals surface area contributed by atoms with Crippen LogP contribution in [0.5, 0.6) is 0 Å². The first kappa shape index (κ1) is 12.4. The van der Waals surface area contributed by atoms with Gasteiger partial charge in [-0.15, -0.1) is 0 Å². The Morgan fingerprint density at radius 3 is 2.54 bits per heavy atom. The van der Waals surface area contributed by atoms with Crippen LogP contribution in [0.1, 0.15) is 19.8 Å². The molecule has 0 aliphatic heterocycles. The first-order valence-corrected chi connectivity index (χ1v) is 5.90. The highest BCUT2D eigenvalue weighted by Gasteiger charge is 2.22. The largest absolute Gasteiger partial charge is 0.385 e. The van der Waals surface area contributed by atoms with Crippen LogP contribution in [-0.4, -0.2) is 33.1 Å². The van der Waals surface area contributed by atoms with Crippen molar-refractivity contribution in [3.8, 4) is 6.07 Å². The molecule has 0 radical (unpaired) electrons. The molecule has 0 saturated heterocycles. The topological polar surface area (TPSA) is 67.2 Å². The third-order valence-corrected chi connectivity index (χ3v) is 3.89. The van der Waals surface area contributed by atoms with Crippen molar-refractivity contribution in [3.63, 3.8) is 0 Å². The van der Waals surface area contributed by atoms with E-state index < -0.39 is 15.1 Å². The number of methoxy groups -OCH3 is 1. The number of nitriles is 1. The summed E-state index contributed by atoms with van der Waals surface area (Å²) in [5, 5.41) is 7.70. The molecule has 0 N–H and O–H groups in total. The van der Waals surface area contributed by atoms with E-state index in [4.69, 9.17) is 10.00 Å². The van der Waals surface area contributed by atoms with Crippen molar-refractivity contribution in [1.82, 2.24) is 0 Å². The second-order valence-corrected chi connectivity index (χ2v) is 5.04. The van der Waals surface area contributed by atoms with Gasteiger partial charge in [-0.1, -0.05) is 6.92 Å². The van der Waals surface area contributed by atoms with Gasteiger partial charge in [0.25, 0.3) is 0 Å². The van der Waals surface area contributed by atoms with E-state index in [1.807, 2.05) is 0 Å². The SMILES string of the molecule is CCC(C#N)S(=O)(=O)CCCOC. The van der Waals surface area contributed by atoms with Crippen LogP contribution in [0.4, 0.5) is 0 Å². The minimum absolute atomic E-state index is 0.0346. The van der Waals surface area contributed by atoms with Crippen LogP contribution in [0.25, 0.3) is 0 Å². The van der Waals surface area contributed by atoms with Gasteiger partial charge < -0.3 is 4.74 Å². The number of ether oxygens (including phenoxy) is 1. The van der Waals surface area contributed by atoms with Crippen molar-refractivity contribution in [1.29, 1.82) is 5.26 Å². The van der Waals surface area contributed by atoms with Gasteiger partial charge in [0, 0.05) is 13.7 Å². The van der Waals surface area contributed by atoms with Crippen molar-refractivity contribution in [2.75, 3.05) is 19.5 Å². The number of hydrogen-bond acceptors (Lipinski definition) is 4. The van der Waals surface area contributed by atoms with Gasteiger partial charge in [-0.25, -0.2) is 8.42 Å². The summed E-state index contributed by atoms with van der Waals surface area (Å²) in [6, 6.07) is 1.79. The predicted molar refractivity (Wildman–Crippen MR) is 50.0 cm³/mol. The summed E-state index contributed by atoms with van der Waals surface area (Å²) in [6.07, 6.45) is 0.808. The summed E-state index contributed by atoms with van der Waals surface area (Å²) in [5.41, 5.74) is 0. The molecule has 13 heavy (non-hydrogen) atoms. The maximum absolute atomic E-state index is 11.4. The maximum Gasteiger partial charge on any atom is 0.166 e. The molecular formula is C8H15NO3S. The van der Waals surface area contributed by atoms with Crippen molar-refractivity contribution in [3.05, 3.63) is 0 Å². The second-order valence-electron chi connectivity index (χ2n) is 2.74. The normalized spacial score (nSPS) is 13.6. The number of nitrogens with zero attached hydrogens (tertiary/aromatic N) is 1. The fraction of sp³-hybridized carbons (Fsp3) is 0.875. The summed E-state index contributed by atoms with van der Waals surface area (Å²) in [6.45, 7) is 2.11. The molecule has 5 heteroatoms. The molecular weight excluding hydrogens is 190 g/mol. The molecule has 0 aromatic carbocycles. The Bertz CT molecular complexity index is 266. The smallest absolute Gasteiger partial charge is 0.166 e. The molecule has 0 aromatic rings. The third-order valence-electron chi connectivity index (χ3n) is 1.73. The van der Waals surface area contributed by atoms with E-state index in [9.17, 15) is 8.42 Å². The van der Waals surface area contributed by atoms with Gasteiger partial charge in [-0.3, -0.25) is 0 Å². The Morgan fingerprint density at radius 2 is 2.15 bits per heavy atom. The highest BCUT2D eigenvalue weighted by molar-refractivity contribution is 7.92. The molecule has 1 atom stereocenters. The Labute approximate surface area is 79.4 Å². The van der Waals surface area contributed by atoms with E-state index >= 15 is 0 Å². The number of hydrogen-bond donors (Lipinski definition) is 0. The Morgan fingerprint density at radius 1 is 1.54 bits per heavy atom. The van der Waals surface area contributed by atoms with Crippen molar-refractivity contribution in [2.45, 2.75) is 25.0 Å². The van der Waals surface area contributed by atoms with Crippen LogP contribution in [0.15, 0.2) is 0 Å². The average molecular weight is 205 g/mol. The fourth-order valence-corrected chi connectivity index (χ4v) is 2.45. The lowest BCUT2D eigenvalue weighted by molar-refractivity contribution is 0.199. The standard InChI is InChI=1S/C8H15NO3S/c1-3-8(7-9)13(10,11)6-4-5-12-2/h8H,3-6H2,1-2H3. The van der Waals surface area contributed by atoms with E-state index in [0.717, 1.165) is 0 Å². The molecule has 76 valence electrons. The monoisotopic (exact) mass is 205 g/mol. The van der Waals surface area contributed by atoms with E-state index in [-0.39, 0.29) is 5.75 Å². The molecule has 0 aromatic heterocycles. The highest BCUT2D eigenvalue weighted by Crippen LogP contribution is 2.07. The molecule has 0 aliphatic rings. The predicted octanol–water partition coefficient (Wildman–Crippen LogP) is 0.740. The summed E-state index contributed by atoms with van der Waals surface area (Å²) >= 11 is 0. The number of sulfone groups is 1. The van der Waals surface area contributed by atoms with E-state index in [1.54, 1.807) is 13.0 Å². The molecule has 4 nitrogen and oxygen atoms in total. The van der Waals surface area contributed by atoms with Gasteiger partial charge in [0.05, 0.1) is 11.8 Å². The van der Waals surface area contributed by atoms with Gasteiger partial charge in [-0.2, -0.15) is 5.26 Å². The van der Waals surface area contributed by atoms with Crippen LogP contribution in [0.3, 0.4) is 0 Å². The Balaban J connectivity index is 4.16. The van der Waals surface area contributed by atoms with Crippen LogP contribution in [0, 0.1) is 11.3 Å². The Hall–Kier alpha value is -0.600. The van der Waals surface area contributed by atoms with Crippen LogP contribution in [-0.2, 0) is 14.6 Å². The van der Waals surface area contributed by atoms with E-state index in [0.29, 0.717) is 19.4 Å². The molecule has 0 rings (SSSR count). The molecule has 0 heterocycles. The first-order valence-electron chi connectivity index (χ1n) is 4.18. The van der Waals surface area contributed by atoms with Gasteiger partial charge in [0.2, 0.25) is 0 Å². The molecule has 0 aliphatic carbocycles. The van der Waals surface area contributed by atoms with Crippen molar-refractivity contribution >= 4 is 9.84 Å². The summed E-state index contributed by atoms with van der Waals surface area (Å²) in [4.78, 5) is 0. The zero-order valence-electron chi connectivity index (χ0n) is 7.99. The maximum atomic E-state index is 11.4. The minimum Gasteiger partial charge on any atom is -0.385 e. The second kappa shape index (κ2) is 5.95. The van der Waals surface area contributed by atoms with Gasteiger partial charge >= 0.3 is 0 Å². The summed E-state index contributed by atoms with van der Waals surface area (Å²) in [5.74, 6) is 0.0346. The van der Waals surface area contributed by atoms with E-state index in [2.05, 4.69) is 0 Å². The zero-order chi connectivity index (χ0) is 10.3. The van der Waals surface area contributed by atoms with Crippen molar-refractivity contribution < 1.29 is 13.2 Å². The third kappa shape index (κ3) is 4.25. The summed E-state index contributed by atoms with van der Waals surface area (Å²) < 4.78 is 27.5. The van der Waals surface area contributed by atoms with Crippen LogP contribution < -0.4 is 0 Å². The fourth-order valence-electron chi connectivity index (χ4n) is 0.972. The molecule has 0 spiro atoms. The molecule has 1 unspecified atom stereocenters. The Kier molecular flexibility index (Phi) is 5.67. The van der Waals surface area contributed by atoms with Crippen molar-refractivity contribution in [2.24, 2.45) is 0 Å². The lowest BCUT2D eigenvalue weighted by Gasteiger charge is -2.07. The average Bonchev–Trinajstić information content (AvgIpc) is 2.06. The highest BCUT2D eigenvalue weighted by atomic mass is 32.2. The quantitative estimate of drug-likeness (QED) is 0.600. The number of rotatable bonds is 6. The zero-order valence-corrected chi connectivity index (χ0v) is 8.80. The summed E-state index contributed by atoms with van der Waals surface area (Å²) in [7, 11) is -1.71. The van der Waals surface area contributed by atoms with E-state index in [1.165, 1.54) is 7.11 Å². The molecule has 0 bridgehead atoms. The minimum atomic E-state index is -3.24. The van der Waals surface area contributed by atoms with Gasteiger partial charge in [0.15, 0.2) is 9.84 Å². The lowest BCUT2D eigenvalue weighted by atomic mass is 10.4.